The molecule has 2 aromatic heterocycles. The first kappa shape index (κ1) is 13.5. The molecule has 0 aromatic carbocycles. The van der Waals surface area contributed by atoms with Crippen LogP contribution in [0.15, 0.2) is 10.9 Å². The number of aromatic nitrogens is 3. The molecule has 0 radical (unpaired) electrons. The number of piperazine rings is 1. The second-order valence-electron chi connectivity index (χ2n) is 4.87. The number of fused-ring (bicyclic) bond motifs is 1. The average molecular weight is 295 g/mol. The molecular weight excluding hydrogens is 278 g/mol. The van der Waals surface area contributed by atoms with Crippen molar-refractivity contribution in [1.29, 1.82) is 0 Å². The maximum absolute atomic E-state index is 11.8. The number of rotatable bonds is 3. The Balaban J connectivity index is 1.82. The molecule has 2 aromatic rings. The molecule has 0 spiro atoms. The zero-order chi connectivity index (χ0) is 14.1. The third-order valence-corrected chi connectivity index (χ3v) is 4.39. The first-order valence-corrected chi connectivity index (χ1v) is 7.45. The van der Waals surface area contributed by atoms with E-state index >= 15 is 0 Å². The van der Waals surface area contributed by atoms with E-state index in [2.05, 4.69) is 19.9 Å². The first-order chi connectivity index (χ1) is 9.67. The number of aliphatic hydroxyl groups excluding tert-OH is 1. The molecule has 0 atom stereocenters. The highest BCUT2D eigenvalue weighted by atomic mass is 32.1. The van der Waals surface area contributed by atoms with E-state index in [1.54, 1.807) is 0 Å². The highest BCUT2D eigenvalue weighted by Crippen LogP contribution is 2.22. The van der Waals surface area contributed by atoms with Crippen LogP contribution in [0, 0.1) is 6.92 Å². The number of aliphatic hydroxyl groups is 1. The molecule has 8 heteroatoms. The van der Waals surface area contributed by atoms with E-state index in [4.69, 9.17) is 5.11 Å². The second-order valence-corrected chi connectivity index (χ2v) is 5.80. The number of nitrogens with zero attached hydrogens (tertiary/aromatic N) is 5. The van der Waals surface area contributed by atoms with Crippen LogP contribution in [0.4, 0.5) is 5.13 Å². The summed E-state index contributed by atoms with van der Waals surface area (Å²) < 4.78 is 1.37. The highest BCUT2D eigenvalue weighted by molar-refractivity contribution is 7.20. The van der Waals surface area contributed by atoms with Gasteiger partial charge in [-0.15, -0.1) is 5.10 Å². The molecule has 0 unspecified atom stereocenters. The Hall–Kier alpha value is -1.51. The topological polar surface area (TPSA) is 74.0 Å². The molecule has 1 aliphatic rings. The van der Waals surface area contributed by atoms with Gasteiger partial charge < -0.3 is 10.0 Å². The Kier molecular flexibility index (Phi) is 3.68. The zero-order valence-electron chi connectivity index (χ0n) is 11.3. The maximum Gasteiger partial charge on any atom is 0.275 e. The molecule has 108 valence electrons. The van der Waals surface area contributed by atoms with Gasteiger partial charge in [0.1, 0.15) is 0 Å². The molecule has 0 aliphatic carbocycles. The summed E-state index contributed by atoms with van der Waals surface area (Å²) in [5, 5.41) is 14.1. The molecule has 0 saturated carbocycles. The molecule has 3 rings (SSSR count). The lowest BCUT2D eigenvalue weighted by molar-refractivity contribution is 0.188. The van der Waals surface area contributed by atoms with E-state index in [9.17, 15) is 4.79 Å². The summed E-state index contributed by atoms with van der Waals surface area (Å²) in [4.78, 5) is 21.2. The SMILES string of the molecule is Cc1cc(=O)n2nc(N3CCN(CCO)CC3)sc2n1. The minimum absolute atomic E-state index is 0.131. The summed E-state index contributed by atoms with van der Waals surface area (Å²) in [6.07, 6.45) is 0. The maximum atomic E-state index is 11.8. The van der Waals surface area contributed by atoms with Crippen molar-refractivity contribution in [2.24, 2.45) is 0 Å². The van der Waals surface area contributed by atoms with Crippen molar-refractivity contribution in [3.8, 4) is 0 Å². The molecular formula is C12H17N5O2S. The van der Waals surface area contributed by atoms with Crippen LogP contribution in [0.5, 0.6) is 0 Å². The van der Waals surface area contributed by atoms with Gasteiger partial charge in [-0.3, -0.25) is 9.69 Å². The minimum Gasteiger partial charge on any atom is -0.395 e. The molecule has 7 nitrogen and oxygen atoms in total. The van der Waals surface area contributed by atoms with Gasteiger partial charge in [0, 0.05) is 44.5 Å². The highest BCUT2D eigenvalue weighted by Gasteiger charge is 2.20. The summed E-state index contributed by atoms with van der Waals surface area (Å²) in [7, 11) is 0. The molecule has 1 N–H and O–H groups in total. The summed E-state index contributed by atoms with van der Waals surface area (Å²) >= 11 is 1.45. The lowest BCUT2D eigenvalue weighted by Crippen LogP contribution is -2.47. The van der Waals surface area contributed by atoms with Gasteiger partial charge >= 0.3 is 0 Å². The van der Waals surface area contributed by atoms with Crippen LogP contribution in [-0.2, 0) is 0 Å². The van der Waals surface area contributed by atoms with Crippen molar-refractivity contribution in [3.63, 3.8) is 0 Å². The standard InChI is InChI=1S/C12H17N5O2S/c1-9-8-10(19)17-11(13-9)20-12(14-17)16-4-2-15(3-5-16)6-7-18/h8,18H,2-7H2,1H3. The van der Waals surface area contributed by atoms with Crippen molar-refractivity contribution in [2.45, 2.75) is 6.92 Å². The van der Waals surface area contributed by atoms with Crippen LogP contribution in [0.3, 0.4) is 0 Å². The Morgan fingerprint density at radius 1 is 1.35 bits per heavy atom. The van der Waals surface area contributed by atoms with Gasteiger partial charge in [0.05, 0.1) is 6.61 Å². The van der Waals surface area contributed by atoms with Gasteiger partial charge in [-0.05, 0) is 6.92 Å². The molecule has 1 aliphatic heterocycles. The average Bonchev–Trinajstić information content (AvgIpc) is 2.84. The van der Waals surface area contributed by atoms with Gasteiger partial charge in [-0.1, -0.05) is 11.3 Å². The smallest absolute Gasteiger partial charge is 0.275 e. The number of hydrogen-bond donors (Lipinski definition) is 1. The van der Waals surface area contributed by atoms with Gasteiger partial charge in [0.25, 0.3) is 5.56 Å². The van der Waals surface area contributed by atoms with E-state index in [-0.39, 0.29) is 12.2 Å². The van der Waals surface area contributed by atoms with Crippen molar-refractivity contribution in [2.75, 3.05) is 44.2 Å². The van der Waals surface area contributed by atoms with E-state index in [1.165, 1.54) is 21.9 Å². The monoisotopic (exact) mass is 295 g/mol. The quantitative estimate of drug-likeness (QED) is 0.828. The van der Waals surface area contributed by atoms with Crippen molar-refractivity contribution >= 4 is 21.4 Å². The van der Waals surface area contributed by atoms with Crippen LogP contribution >= 0.6 is 11.3 Å². The number of aryl methyl sites for hydroxylation is 1. The Morgan fingerprint density at radius 3 is 2.80 bits per heavy atom. The summed E-state index contributed by atoms with van der Waals surface area (Å²) in [6.45, 7) is 6.23. The zero-order valence-corrected chi connectivity index (χ0v) is 12.1. The van der Waals surface area contributed by atoms with Crippen molar-refractivity contribution < 1.29 is 5.11 Å². The molecule has 0 amide bonds. The van der Waals surface area contributed by atoms with Crippen LogP contribution in [0.25, 0.3) is 4.96 Å². The molecule has 3 heterocycles. The predicted molar refractivity (Wildman–Crippen MR) is 77.6 cm³/mol. The van der Waals surface area contributed by atoms with Crippen molar-refractivity contribution in [3.05, 3.63) is 22.1 Å². The van der Waals surface area contributed by atoms with Crippen molar-refractivity contribution in [1.82, 2.24) is 19.5 Å². The fourth-order valence-electron chi connectivity index (χ4n) is 2.34. The summed E-state index contributed by atoms with van der Waals surface area (Å²) in [6, 6.07) is 1.50. The Morgan fingerprint density at radius 2 is 2.10 bits per heavy atom. The number of β-amino-alcohol motifs (C(OH)–C–C–N with tert-alkyl or cyclic N) is 1. The van der Waals surface area contributed by atoms with E-state index in [0.29, 0.717) is 11.5 Å². The fourth-order valence-corrected chi connectivity index (χ4v) is 3.35. The van der Waals surface area contributed by atoms with Gasteiger partial charge in [0.15, 0.2) is 0 Å². The molecule has 1 saturated heterocycles. The molecule has 0 bridgehead atoms. The van der Waals surface area contributed by atoms with Gasteiger partial charge in [0.2, 0.25) is 10.1 Å². The largest absolute Gasteiger partial charge is 0.395 e. The lowest BCUT2D eigenvalue weighted by Gasteiger charge is -2.33. The van der Waals surface area contributed by atoms with E-state index in [0.717, 1.165) is 37.0 Å². The van der Waals surface area contributed by atoms with Crippen LogP contribution in [0.2, 0.25) is 0 Å². The lowest BCUT2D eigenvalue weighted by atomic mass is 10.3. The summed E-state index contributed by atoms with van der Waals surface area (Å²) in [5.41, 5.74) is 0.590. The molecule has 20 heavy (non-hydrogen) atoms. The van der Waals surface area contributed by atoms with Gasteiger partial charge in [-0.25, -0.2) is 4.98 Å². The third-order valence-electron chi connectivity index (χ3n) is 3.42. The first-order valence-electron chi connectivity index (χ1n) is 6.63. The normalized spacial score (nSPS) is 17.0. The number of hydrogen-bond acceptors (Lipinski definition) is 7. The van der Waals surface area contributed by atoms with Crippen LogP contribution in [-0.4, -0.2) is 63.9 Å². The van der Waals surface area contributed by atoms with E-state index in [1.807, 2.05) is 6.92 Å². The number of anilines is 1. The predicted octanol–water partition coefficient (Wildman–Crippen LogP) is -0.426. The minimum atomic E-state index is -0.131. The second kappa shape index (κ2) is 5.47. The fraction of sp³-hybridized carbons (Fsp3) is 0.583. The van der Waals surface area contributed by atoms with E-state index < -0.39 is 0 Å². The van der Waals surface area contributed by atoms with Crippen LogP contribution < -0.4 is 10.5 Å². The molecule has 1 fully saturated rings. The third kappa shape index (κ3) is 2.54. The van der Waals surface area contributed by atoms with Crippen LogP contribution in [0.1, 0.15) is 5.69 Å². The Labute approximate surface area is 120 Å². The van der Waals surface area contributed by atoms with Gasteiger partial charge in [-0.2, -0.15) is 4.52 Å². The summed E-state index contributed by atoms with van der Waals surface area (Å²) in [5.74, 6) is 0. The Bertz CT molecular complexity index is 659.